The van der Waals surface area contributed by atoms with Gasteiger partial charge in [-0.25, -0.2) is 4.79 Å². The molecule has 0 saturated carbocycles. The highest BCUT2D eigenvalue weighted by atomic mass is 19.4. The van der Waals surface area contributed by atoms with Crippen molar-refractivity contribution in [1.82, 2.24) is 9.80 Å². The Hall–Kier alpha value is -4.53. The molecule has 3 N–H and O–H groups in total. The van der Waals surface area contributed by atoms with Crippen molar-refractivity contribution in [2.75, 3.05) is 50.8 Å². The van der Waals surface area contributed by atoms with Crippen LogP contribution in [0.4, 0.5) is 29.3 Å². The maximum absolute atomic E-state index is 14.4. The summed E-state index contributed by atoms with van der Waals surface area (Å²) in [4.78, 5) is 31.0. The molecule has 52 heavy (non-hydrogen) atoms. The third-order valence-corrected chi connectivity index (χ3v) is 9.16. The number of halogens is 3. The number of benzene rings is 3. The Morgan fingerprint density at radius 2 is 1.67 bits per heavy atom. The Morgan fingerprint density at radius 1 is 0.981 bits per heavy atom. The van der Waals surface area contributed by atoms with Gasteiger partial charge in [0.25, 0.3) is 5.91 Å². The molecule has 2 aliphatic rings. The van der Waals surface area contributed by atoms with Gasteiger partial charge in [-0.1, -0.05) is 13.0 Å². The first-order valence-electron chi connectivity index (χ1n) is 17.5. The van der Waals surface area contributed by atoms with Gasteiger partial charge < -0.3 is 39.6 Å². The number of likely N-dealkylation sites (N-methyl/N-ethyl adjacent to an activating group) is 1. The number of carbonyl (C=O) groups excluding carboxylic acids is 2. The number of nitrogens with one attached hydrogen (secondary N) is 2. The van der Waals surface area contributed by atoms with E-state index in [-0.39, 0.29) is 55.0 Å². The lowest BCUT2D eigenvalue weighted by atomic mass is 10.0. The smallest absolute Gasteiger partial charge is 0.416 e. The maximum atomic E-state index is 14.4. The van der Waals surface area contributed by atoms with E-state index in [9.17, 15) is 27.9 Å². The number of ether oxygens (including phenoxy) is 4. The van der Waals surface area contributed by atoms with Gasteiger partial charge in [0, 0.05) is 43.5 Å². The molecule has 0 aromatic heterocycles. The minimum atomic E-state index is -4.50. The summed E-state index contributed by atoms with van der Waals surface area (Å²) in [6.45, 7) is 7.68. The SMILES string of the molecule is C[C@H](CO)N1C[C@H](C)[C@@H](CN(C)Cc2ccc3c(c2)OCO3)OCCCC[C@H](C)Oc2ccc(NC(=O)Nc3ccc(C(F)(F)F)cc3)cc2C1=O. The van der Waals surface area contributed by atoms with E-state index < -0.39 is 29.7 Å². The summed E-state index contributed by atoms with van der Waals surface area (Å²) in [5.74, 6) is 1.24. The molecule has 282 valence electrons. The summed E-state index contributed by atoms with van der Waals surface area (Å²) in [5, 5.41) is 15.4. The fraction of sp³-hybridized carbons (Fsp3) is 0.474. The molecule has 0 bridgehead atoms. The number of aliphatic hydroxyl groups excluding tert-OH is 1. The number of anilines is 2. The second kappa shape index (κ2) is 17.3. The van der Waals surface area contributed by atoms with Crippen LogP contribution in [-0.2, 0) is 17.5 Å². The molecule has 3 aromatic rings. The van der Waals surface area contributed by atoms with Crippen LogP contribution in [0.3, 0.4) is 0 Å². The minimum absolute atomic E-state index is 0.140. The molecule has 3 amide bonds. The predicted molar refractivity (Wildman–Crippen MR) is 190 cm³/mol. The lowest BCUT2D eigenvalue weighted by molar-refractivity contribution is -0.137. The van der Waals surface area contributed by atoms with Gasteiger partial charge in [0.15, 0.2) is 11.5 Å². The number of carbonyl (C=O) groups is 2. The summed E-state index contributed by atoms with van der Waals surface area (Å²) in [5.41, 5.74) is 0.854. The molecule has 0 aliphatic carbocycles. The number of fused-ring (bicyclic) bond motifs is 2. The normalized spacial score (nSPS) is 20.4. The molecule has 14 heteroatoms. The third kappa shape index (κ3) is 10.3. The van der Waals surface area contributed by atoms with Crippen LogP contribution >= 0.6 is 0 Å². The van der Waals surface area contributed by atoms with Gasteiger partial charge in [0.1, 0.15) is 5.75 Å². The Bertz CT molecular complexity index is 1670. The van der Waals surface area contributed by atoms with Crippen molar-refractivity contribution < 1.29 is 46.8 Å². The molecular formula is C38H47F3N4O7. The van der Waals surface area contributed by atoms with Crippen molar-refractivity contribution in [3.8, 4) is 17.2 Å². The van der Waals surface area contributed by atoms with E-state index in [2.05, 4.69) is 15.5 Å². The maximum Gasteiger partial charge on any atom is 0.416 e. The van der Waals surface area contributed by atoms with Crippen molar-refractivity contribution in [2.45, 2.75) is 71.0 Å². The van der Waals surface area contributed by atoms with Crippen molar-refractivity contribution in [3.63, 3.8) is 0 Å². The highest BCUT2D eigenvalue weighted by Crippen LogP contribution is 2.34. The molecule has 2 heterocycles. The number of alkyl halides is 3. The zero-order valence-electron chi connectivity index (χ0n) is 29.9. The van der Waals surface area contributed by atoms with E-state index in [1.54, 1.807) is 24.0 Å². The van der Waals surface area contributed by atoms with Crippen LogP contribution in [0, 0.1) is 5.92 Å². The number of amides is 3. The Labute approximate surface area is 302 Å². The van der Waals surface area contributed by atoms with Gasteiger partial charge >= 0.3 is 12.2 Å². The summed E-state index contributed by atoms with van der Waals surface area (Å²) in [6, 6.07) is 13.4. The van der Waals surface area contributed by atoms with Crippen LogP contribution in [0.5, 0.6) is 17.2 Å². The summed E-state index contributed by atoms with van der Waals surface area (Å²) >= 11 is 0. The fourth-order valence-corrected chi connectivity index (χ4v) is 6.22. The van der Waals surface area contributed by atoms with E-state index in [1.165, 1.54) is 6.07 Å². The van der Waals surface area contributed by atoms with Crippen molar-refractivity contribution in [3.05, 3.63) is 77.4 Å². The first-order chi connectivity index (χ1) is 24.8. The molecule has 3 aromatic carbocycles. The number of hydrogen-bond acceptors (Lipinski definition) is 8. The van der Waals surface area contributed by atoms with Crippen molar-refractivity contribution in [2.24, 2.45) is 5.92 Å². The summed E-state index contributed by atoms with van der Waals surface area (Å²) < 4.78 is 62.7. The van der Waals surface area contributed by atoms with E-state index in [1.807, 2.05) is 39.1 Å². The van der Waals surface area contributed by atoms with Gasteiger partial charge in [-0.05, 0) is 100 Å². The van der Waals surface area contributed by atoms with E-state index in [0.717, 1.165) is 54.2 Å². The molecule has 0 spiro atoms. The van der Waals surface area contributed by atoms with Gasteiger partial charge in [-0.2, -0.15) is 13.2 Å². The first-order valence-corrected chi connectivity index (χ1v) is 17.5. The molecule has 0 saturated heterocycles. The molecule has 11 nitrogen and oxygen atoms in total. The first kappa shape index (κ1) is 38.7. The summed E-state index contributed by atoms with van der Waals surface area (Å²) in [7, 11) is 2.02. The number of urea groups is 1. The average Bonchev–Trinajstić information content (AvgIpc) is 3.57. The van der Waals surface area contributed by atoms with Crippen LogP contribution in [0.15, 0.2) is 60.7 Å². The van der Waals surface area contributed by atoms with E-state index in [0.29, 0.717) is 31.9 Å². The minimum Gasteiger partial charge on any atom is -0.490 e. The molecular weight excluding hydrogens is 681 g/mol. The summed E-state index contributed by atoms with van der Waals surface area (Å²) in [6.07, 6.45) is -2.59. The largest absolute Gasteiger partial charge is 0.490 e. The number of rotatable bonds is 8. The highest BCUT2D eigenvalue weighted by molar-refractivity contribution is 6.02. The zero-order valence-corrected chi connectivity index (χ0v) is 29.9. The Balaban J connectivity index is 1.34. The topological polar surface area (TPSA) is 122 Å². The zero-order chi connectivity index (χ0) is 37.4. The van der Waals surface area contributed by atoms with Crippen LogP contribution in [0.2, 0.25) is 0 Å². The Kier molecular flexibility index (Phi) is 12.9. The quantitative estimate of drug-likeness (QED) is 0.227. The van der Waals surface area contributed by atoms with Crippen LogP contribution in [0.1, 0.15) is 61.5 Å². The molecule has 0 fully saturated rings. The highest BCUT2D eigenvalue weighted by Gasteiger charge is 2.32. The number of hydrogen-bond donors (Lipinski definition) is 3. The average molecular weight is 729 g/mol. The molecule has 5 rings (SSSR count). The van der Waals surface area contributed by atoms with E-state index in [4.69, 9.17) is 18.9 Å². The standard InChI is InChI=1S/C38H47F3N4O7/c1-24-19-45(25(2)22-46)36(47)31-18-30(43-37(48)42-29-11-9-28(10-12-29)38(39,40)41)13-15-32(31)52-26(3)7-5-6-16-49-35(24)21-44(4)20-27-8-14-33-34(17-27)51-23-50-33/h8-15,17-18,24-26,35,46H,5-7,16,19-23H2,1-4H3,(H2,42,43,48)/t24-,25+,26-,35+/m0/s1. The number of nitrogens with zero attached hydrogens (tertiary/aromatic N) is 2. The molecule has 0 radical (unpaired) electrons. The van der Waals surface area contributed by atoms with Crippen molar-refractivity contribution >= 4 is 23.3 Å². The lowest BCUT2D eigenvalue weighted by Crippen LogP contribution is -2.47. The van der Waals surface area contributed by atoms with Crippen LogP contribution < -0.4 is 24.8 Å². The van der Waals surface area contributed by atoms with Gasteiger partial charge in [-0.15, -0.1) is 0 Å². The second-order valence-corrected chi connectivity index (χ2v) is 13.5. The van der Waals surface area contributed by atoms with Gasteiger partial charge in [0.05, 0.1) is 36.0 Å². The predicted octanol–water partition coefficient (Wildman–Crippen LogP) is 7.01. The van der Waals surface area contributed by atoms with E-state index >= 15 is 0 Å². The molecule has 4 atom stereocenters. The fourth-order valence-electron chi connectivity index (χ4n) is 6.22. The van der Waals surface area contributed by atoms with Gasteiger partial charge in [0.2, 0.25) is 6.79 Å². The van der Waals surface area contributed by atoms with Gasteiger partial charge in [-0.3, -0.25) is 9.69 Å². The van der Waals surface area contributed by atoms with Crippen molar-refractivity contribution in [1.29, 1.82) is 0 Å². The Morgan fingerprint density at radius 3 is 2.40 bits per heavy atom. The lowest BCUT2D eigenvalue weighted by Gasteiger charge is -2.36. The number of aliphatic hydroxyl groups is 1. The monoisotopic (exact) mass is 728 g/mol. The third-order valence-electron chi connectivity index (χ3n) is 9.16. The second-order valence-electron chi connectivity index (χ2n) is 13.5. The van der Waals surface area contributed by atoms with Crippen LogP contribution in [0.25, 0.3) is 0 Å². The molecule has 2 aliphatic heterocycles. The molecule has 0 unspecified atom stereocenters. The van der Waals surface area contributed by atoms with Crippen LogP contribution in [-0.4, -0.2) is 85.2 Å².